The lowest BCUT2D eigenvalue weighted by Gasteiger charge is -2.38. The van der Waals surface area contributed by atoms with E-state index in [1.54, 1.807) is 18.2 Å². The molecule has 0 radical (unpaired) electrons. The van der Waals surface area contributed by atoms with Crippen LogP contribution in [0.1, 0.15) is 41.6 Å². The number of nitrogens with one attached hydrogen (secondary N) is 1. The van der Waals surface area contributed by atoms with Gasteiger partial charge in [0.15, 0.2) is 0 Å². The van der Waals surface area contributed by atoms with Gasteiger partial charge in [0.1, 0.15) is 0 Å². The second-order valence-electron chi connectivity index (χ2n) is 7.80. The van der Waals surface area contributed by atoms with E-state index in [0.717, 1.165) is 22.9 Å². The molecule has 0 aliphatic carbocycles. The summed E-state index contributed by atoms with van der Waals surface area (Å²) in [5, 5.41) is 3.19. The number of ether oxygens (including phenoxy) is 1. The van der Waals surface area contributed by atoms with E-state index in [9.17, 15) is 13.2 Å². The fourth-order valence-corrected chi connectivity index (χ4v) is 6.12. The molecule has 0 spiro atoms. The molecule has 0 atom stereocenters. The van der Waals surface area contributed by atoms with Crippen LogP contribution in [0.2, 0.25) is 0 Å². The van der Waals surface area contributed by atoms with Crippen molar-refractivity contribution in [3.8, 4) is 0 Å². The van der Waals surface area contributed by atoms with Gasteiger partial charge in [-0.05, 0) is 61.6 Å². The normalized spacial score (nSPS) is 19.5. The number of benzene rings is 2. The first-order valence-electron chi connectivity index (χ1n) is 10.2. The highest BCUT2D eigenvalue weighted by Crippen LogP contribution is 2.34. The molecule has 1 amide bonds. The van der Waals surface area contributed by atoms with Crippen LogP contribution in [0.4, 0.5) is 0 Å². The summed E-state index contributed by atoms with van der Waals surface area (Å²) in [6, 6.07) is 14.3. The molecule has 8 heteroatoms. The minimum atomic E-state index is -3.57. The third kappa shape index (κ3) is 4.32. The number of amides is 1. The molecule has 6 nitrogen and oxygen atoms in total. The van der Waals surface area contributed by atoms with E-state index < -0.39 is 15.6 Å². The Bertz CT molecular complexity index is 1030. The van der Waals surface area contributed by atoms with Crippen LogP contribution in [0.3, 0.4) is 0 Å². The van der Waals surface area contributed by atoms with Crippen molar-refractivity contribution in [2.45, 2.75) is 36.1 Å². The number of carbonyl (C=O) groups is 1. The molecule has 30 heavy (non-hydrogen) atoms. The monoisotopic (exact) mass is 492 g/mol. The van der Waals surface area contributed by atoms with Gasteiger partial charge in [-0.25, -0.2) is 8.42 Å². The van der Waals surface area contributed by atoms with Gasteiger partial charge in [-0.15, -0.1) is 0 Å². The SMILES string of the molecule is O=C(NC1(c2cccc(Br)c2)CCOCC1)c1cccc(S(=O)(=O)N2CCCC2)c1. The molecule has 2 saturated heterocycles. The van der Waals surface area contributed by atoms with Crippen LogP contribution < -0.4 is 5.32 Å². The van der Waals surface area contributed by atoms with Crippen LogP contribution in [-0.2, 0) is 20.3 Å². The highest BCUT2D eigenvalue weighted by Gasteiger charge is 2.36. The van der Waals surface area contributed by atoms with Gasteiger partial charge >= 0.3 is 0 Å². The first-order valence-corrected chi connectivity index (χ1v) is 12.4. The Morgan fingerprint density at radius 2 is 1.73 bits per heavy atom. The van der Waals surface area contributed by atoms with E-state index in [1.165, 1.54) is 10.4 Å². The van der Waals surface area contributed by atoms with Crippen molar-refractivity contribution in [2.75, 3.05) is 26.3 Å². The van der Waals surface area contributed by atoms with Crippen LogP contribution in [-0.4, -0.2) is 44.9 Å². The van der Waals surface area contributed by atoms with E-state index in [2.05, 4.69) is 21.2 Å². The van der Waals surface area contributed by atoms with Crippen LogP contribution in [0.5, 0.6) is 0 Å². The van der Waals surface area contributed by atoms with Gasteiger partial charge in [-0.3, -0.25) is 4.79 Å². The summed E-state index contributed by atoms with van der Waals surface area (Å²) in [7, 11) is -3.57. The number of nitrogens with zero attached hydrogens (tertiary/aromatic N) is 1. The summed E-state index contributed by atoms with van der Waals surface area (Å²) in [5.74, 6) is -0.282. The first-order chi connectivity index (χ1) is 14.4. The van der Waals surface area contributed by atoms with Crippen LogP contribution in [0, 0.1) is 0 Å². The average Bonchev–Trinajstić information content (AvgIpc) is 3.30. The number of hydrogen-bond acceptors (Lipinski definition) is 4. The Kier molecular flexibility index (Phi) is 6.29. The molecule has 2 heterocycles. The van der Waals surface area contributed by atoms with Crippen molar-refractivity contribution < 1.29 is 17.9 Å². The molecular formula is C22H25BrN2O4S. The number of hydrogen-bond donors (Lipinski definition) is 1. The van der Waals surface area contributed by atoms with E-state index in [1.807, 2.05) is 24.3 Å². The summed E-state index contributed by atoms with van der Waals surface area (Å²) >= 11 is 3.51. The first kappa shape index (κ1) is 21.5. The minimum Gasteiger partial charge on any atom is -0.381 e. The van der Waals surface area contributed by atoms with Gasteiger partial charge in [-0.2, -0.15) is 4.31 Å². The lowest BCUT2D eigenvalue weighted by atomic mass is 9.82. The maximum absolute atomic E-state index is 13.2. The van der Waals surface area contributed by atoms with Gasteiger partial charge in [0, 0.05) is 36.3 Å². The Morgan fingerprint density at radius 1 is 1.03 bits per heavy atom. The lowest BCUT2D eigenvalue weighted by Crippen LogP contribution is -2.49. The van der Waals surface area contributed by atoms with Crippen molar-refractivity contribution >= 4 is 31.9 Å². The Balaban J connectivity index is 1.62. The largest absolute Gasteiger partial charge is 0.381 e. The van der Waals surface area contributed by atoms with E-state index in [-0.39, 0.29) is 10.8 Å². The molecule has 2 aliphatic heterocycles. The predicted octanol–water partition coefficient (Wildman–Crippen LogP) is 3.67. The summed E-state index contributed by atoms with van der Waals surface area (Å²) in [6.45, 7) is 2.17. The van der Waals surface area contributed by atoms with Gasteiger partial charge in [-0.1, -0.05) is 34.1 Å². The molecule has 4 rings (SSSR count). The molecule has 0 bridgehead atoms. The predicted molar refractivity (Wildman–Crippen MR) is 118 cm³/mol. The van der Waals surface area contributed by atoms with E-state index in [4.69, 9.17) is 4.74 Å². The van der Waals surface area contributed by atoms with Crippen molar-refractivity contribution in [3.05, 3.63) is 64.1 Å². The van der Waals surface area contributed by atoms with E-state index in [0.29, 0.717) is 44.7 Å². The maximum Gasteiger partial charge on any atom is 0.252 e. The highest BCUT2D eigenvalue weighted by molar-refractivity contribution is 9.10. The Morgan fingerprint density at radius 3 is 2.43 bits per heavy atom. The quantitative estimate of drug-likeness (QED) is 0.690. The number of sulfonamides is 1. The summed E-state index contributed by atoms with van der Waals surface area (Å²) in [6.07, 6.45) is 3.05. The smallest absolute Gasteiger partial charge is 0.252 e. The average molecular weight is 493 g/mol. The summed E-state index contributed by atoms with van der Waals surface area (Å²) < 4.78 is 33.8. The van der Waals surface area contributed by atoms with Crippen molar-refractivity contribution in [3.63, 3.8) is 0 Å². The van der Waals surface area contributed by atoms with Gasteiger partial charge in [0.25, 0.3) is 5.91 Å². The van der Waals surface area contributed by atoms with Crippen LogP contribution in [0.25, 0.3) is 0 Å². The van der Waals surface area contributed by atoms with Crippen LogP contribution in [0.15, 0.2) is 57.9 Å². The Hall–Kier alpha value is -1.74. The molecular weight excluding hydrogens is 468 g/mol. The third-order valence-electron chi connectivity index (χ3n) is 5.88. The molecule has 0 aromatic heterocycles. The van der Waals surface area contributed by atoms with Gasteiger partial charge in [0.05, 0.1) is 10.4 Å². The van der Waals surface area contributed by atoms with Gasteiger partial charge in [0.2, 0.25) is 10.0 Å². The van der Waals surface area contributed by atoms with Crippen molar-refractivity contribution in [1.82, 2.24) is 9.62 Å². The molecule has 0 saturated carbocycles. The molecule has 0 unspecified atom stereocenters. The molecule has 160 valence electrons. The zero-order valence-electron chi connectivity index (χ0n) is 16.6. The van der Waals surface area contributed by atoms with Gasteiger partial charge < -0.3 is 10.1 Å². The Labute approximate surface area is 185 Å². The third-order valence-corrected chi connectivity index (χ3v) is 8.26. The zero-order chi connectivity index (χ0) is 21.2. The minimum absolute atomic E-state index is 0.167. The fourth-order valence-electron chi connectivity index (χ4n) is 4.16. The van der Waals surface area contributed by atoms with Crippen molar-refractivity contribution in [1.29, 1.82) is 0 Å². The summed E-state index contributed by atoms with van der Waals surface area (Å²) in [5.41, 5.74) is 0.800. The van der Waals surface area contributed by atoms with Crippen molar-refractivity contribution in [2.24, 2.45) is 0 Å². The molecule has 1 N–H and O–H groups in total. The maximum atomic E-state index is 13.2. The van der Waals surface area contributed by atoms with Crippen LogP contribution >= 0.6 is 15.9 Å². The number of carbonyl (C=O) groups excluding carboxylic acids is 1. The molecule has 2 aromatic carbocycles. The lowest BCUT2D eigenvalue weighted by molar-refractivity contribution is 0.0345. The topological polar surface area (TPSA) is 75.7 Å². The standard InChI is InChI=1S/C22H25BrN2O4S/c23-19-7-4-6-18(16-19)22(9-13-29-14-10-22)24-21(26)17-5-3-8-20(15-17)30(27,28)25-11-1-2-12-25/h3-8,15-16H,1-2,9-14H2,(H,24,26). The molecule has 2 fully saturated rings. The van der Waals surface area contributed by atoms with E-state index >= 15 is 0 Å². The molecule has 2 aromatic rings. The highest BCUT2D eigenvalue weighted by atomic mass is 79.9. The fraction of sp³-hybridized carbons (Fsp3) is 0.409. The molecule has 2 aliphatic rings. The zero-order valence-corrected chi connectivity index (χ0v) is 19.0. The second kappa shape index (κ2) is 8.78. The second-order valence-corrected chi connectivity index (χ2v) is 10.7. The number of rotatable bonds is 5. The number of halogens is 1. The summed E-state index contributed by atoms with van der Waals surface area (Å²) in [4.78, 5) is 13.4.